The van der Waals surface area contributed by atoms with Gasteiger partial charge in [-0.15, -0.1) is 10.2 Å². The van der Waals surface area contributed by atoms with Gasteiger partial charge in [0, 0.05) is 25.2 Å². The van der Waals surface area contributed by atoms with Crippen LogP contribution in [0.1, 0.15) is 5.89 Å². The SMILES string of the molecule is NC(=O)NC(=O)CSc1nnc(CCn2ccc(=O)[nH]c2=O)o1. The normalized spacial score (nSPS) is 10.4. The molecular weight excluding hydrogens is 328 g/mol. The van der Waals surface area contributed by atoms with Gasteiger partial charge in [-0.05, 0) is 0 Å². The first-order chi connectivity index (χ1) is 10.9. The number of aryl methyl sites for hydroxylation is 2. The quantitative estimate of drug-likeness (QED) is 0.531. The Bertz CT molecular complexity index is 825. The van der Waals surface area contributed by atoms with Crippen molar-refractivity contribution in [3.8, 4) is 0 Å². The first-order valence-electron chi connectivity index (χ1n) is 6.28. The number of aromatic amines is 1. The Morgan fingerprint density at radius 2 is 2.17 bits per heavy atom. The van der Waals surface area contributed by atoms with Crippen molar-refractivity contribution >= 4 is 23.7 Å². The summed E-state index contributed by atoms with van der Waals surface area (Å²) in [4.78, 5) is 46.2. The summed E-state index contributed by atoms with van der Waals surface area (Å²) >= 11 is 0.942. The van der Waals surface area contributed by atoms with Crippen LogP contribution >= 0.6 is 11.8 Å². The van der Waals surface area contributed by atoms with E-state index < -0.39 is 23.2 Å². The number of nitrogens with two attached hydrogens (primary N) is 1. The molecule has 0 aromatic carbocycles. The number of H-pyrrole nitrogens is 1. The minimum Gasteiger partial charge on any atom is -0.416 e. The highest BCUT2D eigenvalue weighted by molar-refractivity contribution is 7.99. The van der Waals surface area contributed by atoms with Crippen LogP contribution in [0.3, 0.4) is 0 Å². The van der Waals surface area contributed by atoms with Gasteiger partial charge in [0.2, 0.25) is 11.8 Å². The molecule has 3 amide bonds. The van der Waals surface area contributed by atoms with E-state index in [-0.39, 0.29) is 29.8 Å². The summed E-state index contributed by atoms with van der Waals surface area (Å²) in [5.74, 6) is -0.424. The average molecular weight is 340 g/mol. The number of carbonyl (C=O) groups is 2. The minimum atomic E-state index is -0.937. The molecule has 11 nitrogen and oxygen atoms in total. The summed E-state index contributed by atoms with van der Waals surface area (Å²) in [5.41, 5.74) is 3.79. The summed E-state index contributed by atoms with van der Waals surface area (Å²) < 4.78 is 6.57. The third-order valence-electron chi connectivity index (χ3n) is 2.50. The van der Waals surface area contributed by atoms with E-state index in [4.69, 9.17) is 10.2 Å². The van der Waals surface area contributed by atoms with Crippen LogP contribution in [0.2, 0.25) is 0 Å². The van der Waals surface area contributed by atoms with Gasteiger partial charge >= 0.3 is 11.7 Å². The number of hydrogen-bond donors (Lipinski definition) is 3. The Morgan fingerprint density at radius 1 is 1.39 bits per heavy atom. The van der Waals surface area contributed by atoms with E-state index in [1.54, 1.807) is 0 Å². The van der Waals surface area contributed by atoms with Crippen molar-refractivity contribution in [2.45, 2.75) is 18.2 Å². The zero-order chi connectivity index (χ0) is 16.8. The van der Waals surface area contributed by atoms with Crippen LogP contribution in [0.5, 0.6) is 0 Å². The topological polar surface area (TPSA) is 166 Å². The van der Waals surface area contributed by atoms with E-state index in [2.05, 4.69) is 15.2 Å². The lowest BCUT2D eigenvalue weighted by Gasteiger charge is -2.01. The number of carbonyl (C=O) groups excluding carboxylic acids is 2. The van der Waals surface area contributed by atoms with Crippen molar-refractivity contribution in [2.24, 2.45) is 5.73 Å². The minimum absolute atomic E-state index is 0.107. The van der Waals surface area contributed by atoms with Crippen LogP contribution in [-0.4, -0.2) is 37.4 Å². The standard InChI is InChI=1S/C11H12N6O5S/c12-9(20)13-7(19)5-23-11-16-15-8(22-11)2-4-17-3-1-6(18)14-10(17)21/h1,3H,2,4-5H2,(H,14,18,21)(H3,12,13,19,20). The van der Waals surface area contributed by atoms with Crippen LogP contribution < -0.4 is 22.3 Å². The molecule has 4 N–H and O–H groups in total. The Labute approximate surface area is 132 Å². The molecule has 0 aliphatic heterocycles. The van der Waals surface area contributed by atoms with Crippen LogP contribution in [0.4, 0.5) is 4.79 Å². The molecule has 0 unspecified atom stereocenters. The smallest absolute Gasteiger partial charge is 0.328 e. The third-order valence-corrected chi connectivity index (χ3v) is 3.32. The van der Waals surface area contributed by atoms with E-state index in [9.17, 15) is 19.2 Å². The highest BCUT2D eigenvalue weighted by Gasteiger charge is 2.11. The summed E-state index contributed by atoms with van der Waals surface area (Å²) in [6.07, 6.45) is 1.63. The number of imide groups is 1. The molecule has 2 rings (SSSR count). The summed E-state index contributed by atoms with van der Waals surface area (Å²) in [5, 5.41) is 9.54. The maximum Gasteiger partial charge on any atom is 0.328 e. The number of aromatic nitrogens is 4. The predicted molar refractivity (Wildman–Crippen MR) is 77.8 cm³/mol. The van der Waals surface area contributed by atoms with Crippen molar-refractivity contribution in [1.29, 1.82) is 0 Å². The number of nitrogens with one attached hydrogen (secondary N) is 2. The van der Waals surface area contributed by atoms with Crippen LogP contribution in [0.15, 0.2) is 31.5 Å². The van der Waals surface area contributed by atoms with Gasteiger partial charge in [-0.25, -0.2) is 9.59 Å². The van der Waals surface area contributed by atoms with Crippen LogP contribution in [0, 0.1) is 0 Å². The first-order valence-corrected chi connectivity index (χ1v) is 7.27. The number of primary amides is 1. The molecule has 12 heteroatoms. The van der Waals surface area contributed by atoms with Crippen molar-refractivity contribution in [3.05, 3.63) is 39.0 Å². The number of urea groups is 1. The Kier molecular flexibility index (Phi) is 5.30. The molecule has 0 fully saturated rings. The molecule has 0 aliphatic rings. The number of thioether (sulfide) groups is 1. The van der Waals surface area contributed by atoms with Gasteiger partial charge in [-0.2, -0.15) is 0 Å². The second kappa shape index (κ2) is 7.40. The molecule has 0 aliphatic carbocycles. The van der Waals surface area contributed by atoms with Crippen LogP contribution in [0.25, 0.3) is 0 Å². The molecule has 0 bridgehead atoms. The van der Waals surface area contributed by atoms with E-state index in [1.165, 1.54) is 16.8 Å². The van der Waals surface area contributed by atoms with Crippen molar-refractivity contribution < 1.29 is 14.0 Å². The highest BCUT2D eigenvalue weighted by atomic mass is 32.2. The van der Waals surface area contributed by atoms with Gasteiger partial charge < -0.3 is 14.7 Å². The van der Waals surface area contributed by atoms with Gasteiger partial charge in [0.15, 0.2) is 0 Å². The molecule has 2 heterocycles. The lowest BCUT2D eigenvalue weighted by Crippen LogP contribution is -2.36. The second-order valence-electron chi connectivity index (χ2n) is 4.22. The molecule has 0 saturated heterocycles. The van der Waals surface area contributed by atoms with E-state index in [0.29, 0.717) is 0 Å². The monoisotopic (exact) mass is 340 g/mol. The fraction of sp³-hybridized carbons (Fsp3) is 0.273. The average Bonchev–Trinajstić information content (AvgIpc) is 2.91. The molecule has 0 spiro atoms. The molecule has 0 atom stereocenters. The Hall–Kier alpha value is -2.89. The first kappa shape index (κ1) is 16.5. The lowest BCUT2D eigenvalue weighted by molar-refractivity contribution is -0.117. The number of nitrogens with zero attached hydrogens (tertiary/aromatic N) is 3. The third kappa shape index (κ3) is 5.10. The van der Waals surface area contributed by atoms with E-state index >= 15 is 0 Å². The van der Waals surface area contributed by atoms with Crippen molar-refractivity contribution in [2.75, 3.05) is 5.75 Å². The summed E-state index contributed by atoms with van der Waals surface area (Å²) in [6.45, 7) is 0.240. The Morgan fingerprint density at radius 3 is 2.87 bits per heavy atom. The maximum atomic E-state index is 11.5. The molecule has 122 valence electrons. The lowest BCUT2D eigenvalue weighted by atomic mass is 10.4. The zero-order valence-corrected chi connectivity index (χ0v) is 12.5. The molecular formula is C11H12N6O5S. The predicted octanol–water partition coefficient (Wildman–Crippen LogP) is -1.55. The zero-order valence-electron chi connectivity index (χ0n) is 11.6. The molecule has 0 radical (unpaired) electrons. The number of rotatable bonds is 6. The summed E-state index contributed by atoms with van der Waals surface area (Å²) in [6, 6.07) is 0.293. The van der Waals surface area contributed by atoms with Gasteiger partial charge in [0.1, 0.15) is 0 Å². The fourth-order valence-electron chi connectivity index (χ4n) is 1.53. The van der Waals surface area contributed by atoms with E-state index in [0.717, 1.165) is 11.8 Å². The summed E-state index contributed by atoms with van der Waals surface area (Å²) in [7, 11) is 0. The van der Waals surface area contributed by atoms with Gasteiger partial charge in [-0.1, -0.05) is 11.8 Å². The number of amides is 3. The van der Waals surface area contributed by atoms with Gasteiger partial charge in [0.25, 0.3) is 10.8 Å². The van der Waals surface area contributed by atoms with Crippen molar-refractivity contribution in [1.82, 2.24) is 25.1 Å². The van der Waals surface area contributed by atoms with Gasteiger partial charge in [0.05, 0.1) is 5.75 Å². The fourth-order valence-corrected chi connectivity index (χ4v) is 2.12. The Balaban J connectivity index is 1.87. The molecule has 23 heavy (non-hydrogen) atoms. The molecule has 2 aromatic heterocycles. The van der Waals surface area contributed by atoms with Crippen molar-refractivity contribution in [3.63, 3.8) is 0 Å². The number of hydrogen-bond acceptors (Lipinski definition) is 8. The second-order valence-corrected chi connectivity index (χ2v) is 5.14. The highest BCUT2D eigenvalue weighted by Crippen LogP contribution is 2.15. The molecule has 2 aromatic rings. The largest absolute Gasteiger partial charge is 0.416 e. The van der Waals surface area contributed by atoms with Crippen LogP contribution in [-0.2, 0) is 17.8 Å². The van der Waals surface area contributed by atoms with Gasteiger partial charge in [-0.3, -0.25) is 19.9 Å². The van der Waals surface area contributed by atoms with E-state index in [1.807, 2.05) is 5.32 Å². The maximum absolute atomic E-state index is 11.5. The molecule has 0 saturated carbocycles.